The zero-order chi connectivity index (χ0) is 10.6. The second-order valence-electron chi connectivity index (χ2n) is 3.04. The second-order valence-corrected chi connectivity index (χ2v) is 3.04. The highest BCUT2D eigenvalue weighted by Crippen LogP contribution is 2.10. The van der Waals surface area contributed by atoms with Crippen LogP contribution >= 0.6 is 0 Å². The molecule has 0 spiro atoms. The lowest BCUT2D eigenvalue weighted by Gasteiger charge is -2.23. The largest absolute Gasteiger partial charge is 0.379 e. The number of guanidine groups is 1. The molecule has 0 aromatic heterocycles. The molecule has 1 aliphatic heterocycles. The summed E-state index contributed by atoms with van der Waals surface area (Å²) in [6.07, 6.45) is 0.870. The van der Waals surface area contributed by atoms with Gasteiger partial charge in [-0.2, -0.15) is 0 Å². The molecular weight excluding hydrogens is 188 g/mol. The highest BCUT2D eigenvalue weighted by Gasteiger charge is 2.23. The Labute approximate surface area is 81.9 Å². The summed E-state index contributed by atoms with van der Waals surface area (Å²) in [5.74, 6) is 0.255. The SMILES string of the molecule is CNC(=N[N+](=O)[O-])N(C)C1CCOC1. The average molecular weight is 202 g/mol. The molecule has 1 fully saturated rings. The molecule has 80 valence electrons. The van der Waals surface area contributed by atoms with Gasteiger partial charge in [-0.25, -0.2) is 10.1 Å². The predicted octanol–water partition coefficient (Wildman–Crippen LogP) is -0.526. The smallest absolute Gasteiger partial charge is 0.271 e. The number of likely N-dealkylation sites (N-methyl/N-ethyl adjacent to an activating group) is 1. The van der Waals surface area contributed by atoms with Crippen molar-refractivity contribution in [1.82, 2.24) is 10.2 Å². The third-order valence-electron chi connectivity index (χ3n) is 2.19. The summed E-state index contributed by atoms with van der Waals surface area (Å²) in [7, 11) is 3.37. The lowest BCUT2D eigenvalue weighted by atomic mass is 10.2. The Balaban J connectivity index is 2.63. The number of rotatable bonds is 2. The monoisotopic (exact) mass is 202 g/mol. The molecule has 0 saturated carbocycles. The first-order valence-electron chi connectivity index (χ1n) is 4.36. The van der Waals surface area contributed by atoms with E-state index in [9.17, 15) is 10.1 Å². The summed E-state index contributed by atoms with van der Waals surface area (Å²) >= 11 is 0. The minimum absolute atomic E-state index is 0.168. The van der Waals surface area contributed by atoms with E-state index in [0.29, 0.717) is 13.2 Å². The molecule has 1 unspecified atom stereocenters. The standard InChI is InChI=1S/C7H14N4O3/c1-8-7(9-11(12)13)10(2)6-3-4-14-5-6/h6H,3-5H2,1-2H3,(H,8,9). The van der Waals surface area contributed by atoms with Crippen molar-refractivity contribution in [3.05, 3.63) is 10.1 Å². The Hall–Kier alpha value is -1.37. The molecule has 7 nitrogen and oxygen atoms in total. The van der Waals surface area contributed by atoms with Crippen LogP contribution in [-0.4, -0.2) is 49.2 Å². The van der Waals surface area contributed by atoms with Crippen molar-refractivity contribution < 1.29 is 9.77 Å². The summed E-state index contributed by atoms with van der Waals surface area (Å²) in [6, 6.07) is 0.168. The molecule has 1 atom stereocenters. The van der Waals surface area contributed by atoms with E-state index in [1.165, 1.54) is 0 Å². The molecule has 0 amide bonds. The predicted molar refractivity (Wildman–Crippen MR) is 50.5 cm³/mol. The van der Waals surface area contributed by atoms with Crippen LogP contribution in [0.15, 0.2) is 5.10 Å². The van der Waals surface area contributed by atoms with Crippen LogP contribution in [0.4, 0.5) is 0 Å². The van der Waals surface area contributed by atoms with Gasteiger partial charge in [-0.05, 0) is 6.42 Å². The minimum atomic E-state index is -0.710. The first kappa shape index (κ1) is 10.7. The zero-order valence-corrected chi connectivity index (χ0v) is 8.27. The van der Waals surface area contributed by atoms with Crippen LogP contribution < -0.4 is 5.32 Å². The van der Waals surface area contributed by atoms with Gasteiger partial charge in [0, 0.05) is 20.7 Å². The fourth-order valence-electron chi connectivity index (χ4n) is 1.37. The van der Waals surface area contributed by atoms with Crippen molar-refractivity contribution in [2.24, 2.45) is 5.10 Å². The van der Waals surface area contributed by atoms with Gasteiger partial charge in [0.2, 0.25) is 0 Å². The van der Waals surface area contributed by atoms with E-state index < -0.39 is 5.03 Å². The Morgan fingerprint density at radius 3 is 2.93 bits per heavy atom. The summed E-state index contributed by atoms with van der Waals surface area (Å²) in [5, 5.41) is 15.4. The quantitative estimate of drug-likeness (QED) is 0.282. The molecule has 7 heteroatoms. The molecule has 0 aromatic carbocycles. The fourth-order valence-corrected chi connectivity index (χ4v) is 1.37. The minimum Gasteiger partial charge on any atom is -0.379 e. The number of nitrogens with zero attached hydrogens (tertiary/aromatic N) is 3. The molecular formula is C7H14N4O3. The van der Waals surface area contributed by atoms with Gasteiger partial charge >= 0.3 is 0 Å². The van der Waals surface area contributed by atoms with E-state index >= 15 is 0 Å². The van der Waals surface area contributed by atoms with Crippen LogP contribution in [0.25, 0.3) is 0 Å². The van der Waals surface area contributed by atoms with Crippen molar-refractivity contribution in [2.45, 2.75) is 12.5 Å². The first-order chi connectivity index (χ1) is 6.65. The molecule has 1 saturated heterocycles. The third kappa shape index (κ3) is 2.56. The van der Waals surface area contributed by atoms with Gasteiger partial charge in [0.25, 0.3) is 5.96 Å². The number of nitro groups is 1. The van der Waals surface area contributed by atoms with Gasteiger partial charge in [-0.3, -0.25) is 0 Å². The van der Waals surface area contributed by atoms with Crippen molar-refractivity contribution in [3.8, 4) is 0 Å². The van der Waals surface area contributed by atoms with Gasteiger partial charge < -0.3 is 15.0 Å². The van der Waals surface area contributed by atoms with Crippen LogP contribution in [0.2, 0.25) is 0 Å². The lowest BCUT2D eigenvalue weighted by Crippen LogP contribution is -2.44. The number of ether oxygens (including phenoxy) is 1. The summed E-state index contributed by atoms with van der Waals surface area (Å²) in [6.45, 7) is 1.29. The van der Waals surface area contributed by atoms with Gasteiger partial charge in [0.15, 0.2) is 5.03 Å². The maximum absolute atomic E-state index is 10.2. The van der Waals surface area contributed by atoms with Crippen LogP contribution in [0, 0.1) is 10.1 Å². The van der Waals surface area contributed by atoms with Crippen molar-refractivity contribution in [3.63, 3.8) is 0 Å². The Bertz CT molecular complexity index is 237. The van der Waals surface area contributed by atoms with E-state index in [1.54, 1.807) is 19.0 Å². The van der Waals surface area contributed by atoms with E-state index in [-0.39, 0.29) is 12.0 Å². The molecule has 0 aromatic rings. The first-order valence-corrected chi connectivity index (χ1v) is 4.36. The van der Waals surface area contributed by atoms with Crippen LogP contribution in [0.3, 0.4) is 0 Å². The highest BCUT2D eigenvalue weighted by molar-refractivity contribution is 5.79. The average Bonchev–Trinajstić information content (AvgIpc) is 2.65. The normalized spacial score (nSPS) is 22.1. The van der Waals surface area contributed by atoms with E-state index in [2.05, 4.69) is 10.4 Å². The van der Waals surface area contributed by atoms with Crippen LogP contribution in [-0.2, 0) is 4.74 Å². The Kier molecular flexibility index (Phi) is 3.63. The van der Waals surface area contributed by atoms with Gasteiger partial charge in [0.1, 0.15) is 5.10 Å². The highest BCUT2D eigenvalue weighted by atomic mass is 16.7. The summed E-state index contributed by atoms with van der Waals surface area (Å²) in [5.41, 5.74) is 0. The zero-order valence-electron chi connectivity index (χ0n) is 8.27. The molecule has 0 radical (unpaired) electrons. The Morgan fingerprint density at radius 1 is 1.79 bits per heavy atom. The molecule has 14 heavy (non-hydrogen) atoms. The van der Waals surface area contributed by atoms with E-state index in [0.717, 1.165) is 6.42 Å². The molecule has 1 rings (SSSR count). The van der Waals surface area contributed by atoms with E-state index in [4.69, 9.17) is 4.74 Å². The molecule has 0 bridgehead atoms. The fraction of sp³-hybridized carbons (Fsp3) is 0.857. The van der Waals surface area contributed by atoms with Gasteiger partial charge in [-0.15, -0.1) is 0 Å². The Morgan fingerprint density at radius 2 is 2.50 bits per heavy atom. The maximum atomic E-state index is 10.2. The molecule has 1 N–H and O–H groups in total. The van der Waals surface area contributed by atoms with Crippen LogP contribution in [0.1, 0.15) is 6.42 Å². The van der Waals surface area contributed by atoms with Crippen molar-refractivity contribution in [2.75, 3.05) is 27.3 Å². The van der Waals surface area contributed by atoms with Crippen LogP contribution in [0.5, 0.6) is 0 Å². The van der Waals surface area contributed by atoms with Gasteiger partial charge in [-0.1, -0.05) is 0 Å². The number of hydrazone groups is 1. The maximum Gasteiger partial charge on any atom is 0.271 e. The molecule has 1 aliphatic rings. The number of hydrogen-bond acceptors (Lipinski definition) is 3. The van der Waals surface area contributed by atoms with Crippen molar-refractivity contribution >= 4 is 5.96 Å². The summed E-state index contributed by atoms with van der Waals surface area (Å²) < 4.78 is 5.18. The molecule has 0 aliphatic carbocycles. The van der Waals surface area contributed by atoms with Gasteiger partial charge in [0.05, 0.1) is 12.6 Å². The summed E-state index contributed by atoms with van der Waals surface area (Å²) in [4.78, 5) is 11.9. The second kappa shape index (κ2) is 4.75. The lowest BCUT2D eigenvalue weighted by molar-refractivity contribution is -0.485. The topological polar surface area (TPSA) is 80.0 Å². The van der Waals surface area contributed by atoms with Crippen molar-refractivity contribution in [1.29, 1.82) is 0 Å². The van der Waals surface area contributed by atoms with E-state index in [1.807, 2.05) is 0 Å². The third-order valence-corrected chi connectivity index (χ3v) is 2.19. The number of hydrogen-bond donors (Lipinski definition) is 1. The number of nitrogens with one attached hydrogen (secondary N) is 1. The molecule has 1 heterocycles.